The third kappa shape index (κ3) is 3.65. The predicted molar refractivity (Wildman–Crippen MR) is 121 cm³/mol. The zero-order valence-corrected chi connectivity index (χ0v) is 17.8. The van der Waals surface area contributed by atoms with E-state index in [0.29, 0.717) is 11.3 Å². The lowest BCUT2D eigenvalue weighted by molar-refractivity contribution is -0.133. The molecule has 1 aliphatic rings. The first-order chi connectivity index (χ1) is 14.8. The number of para-hydroxylation sites is 1. The summed E-state index contributed by atoms with van der Waals surface area (Å²) < 4.78 is 0. The average molecular weight is 415 g/mol. The second-order valence-corrected chi connectivity index (χ2v) is 8.26. The number of anilines is 1. The number of carbonyl (C=O) groups excluding carboxylic acids is 3. The summed E-state index contributed by atoms with van der Waals surface area (Å²) in [4.78, 5) is 39.7. The number of carbonyl (C=O) groups is 3. The Labute approximate surface area is 181 Å². The van der Waals surface area contributed by atoms with Crippen LogP contribution in [0.25, 0.3) is 10.8 Å². The van der Waals surface area contributed by atoms with Crippen LogP contribution < -0.4 is 10.6 Å². The standard InChI is InChI=1S/C25H25N3O3/c1-16(2)18-11-6-7-14-21(18)26-22(29)15-28-23(30)25(3,27-24(28)31)20-13-8-10-17-9-4-5-12-19(17)20/h4-14,16H,15H2,1-3H3,(H,26,29)(H,27,31). The van der Waals surface area contributed by atoms with Gasteiger partial charge in [-0.15, -0.1) is 0 Å². The van der Waals surface area contributed by atoms with Gasteiger partial charge in [-0.25, -0.2) is 4.79 Å². The fraction of sp³-hybridized carbons (Fsp3) is 0.240. The van der Waals surface area contributed by atoms with Gasteiger partial charge in [-0.05, 0) is 40.8 Å². The van der Waals surface area contributed by atoms with Crippen molar-refractivity contribution in [2.24, 2.45) is 0 Å². The van der Waals surface area contributed by atoms with Crippen molar-refractivity contribution in [3.63, 3.8) is 0 Å². The Hall–Kier alpha value is -3.67. The number of amides is 4. The lowest BCUT2D eigenvalue weighted by Crippen LogP contribution is -2.42. The molecule has 1 saturated heterocycles. The first-order valence-electron chi connectivity index (χ1n) is 10.3. The molecule has 1 heterocycles. The minimum absolute atomic E-state index is 0.225. The second-order valence-electron chi connectivity index (χ2n) is 8.26. The van der Waals surface area contributed by atoms with Crippen molar-refractivity contribution in [1.29, 1.82) is 0 Å². The first kappa shape index (κ1) is 20.6. The van der Waals surface area contributed by atoms with Gasteiger partial charge in [-0.3, -0.25) is 14.5 Å². The molecule has 0 aliphatic carbocycles. The van der Waals surface area contributed by atoms with E-state index >= 15 is 0 Å². The highest BCUT2D eigenvalue weighted by atomic mass is 16.2. The number of hydrogen-bond acceptors (Lipinski definition) is 3. The molecule has 1 atom stereocenters. The summed E-state index contributed by atoms with van der Waals surface area (Å²) in [6, 6.07) is 20.3. The maximum absolute atomic E-state index is 13.3. The Morgan fingerprint density at radius 2 is 1.68 bits per heavy atom. The molecule has 158 valence electrons. The second kappa shape index (κ2) is 7.87. The largest absolute Gasteiger partial charge is 0.325 e. The number of nitrogens with zero attached hydrogens (tertiary/aromatic N) is 1. The van der Waals surface area contributed by atoms with E-state index in [4.69, 9.17) is 0 Å². The fourth-order valence-electron chi connectivity index (χ4n) is 4.13. The molecular formula is C25H25N3O3. The summed E-state index contributed by atoms with van der Waals surface area (Å²) in [5, 5.41) is 7.50. The highest BCUT2D eigenvalue weighted by molar-refractivity contribution is 6.11. The van der Waals surface area contributed by atoms with Crippen molar-refractivity contribution in [1.82, 2.24) is 10.2 Å². The molecule has 4 amide bonds. The Morgan fingerprint density at radius 3 is 2.45 bits per heavy atom. The molecule has 1 unspecified atom stereocenters. The van der Waals surface area contributed by atoms with E-state index in [9.17, 15) is 14.4 Å². The third-order valence-corrected chi connectivity index (χ3v) is 5.76. The molecule has 6 heteroatoms. The molecule has 0 aromatic heterocycles. The van der Waals surface area contributed by atoms with Gasteiger partial charge < -0.3 is 10.6 Å². The van der Waals surface area contributed by atoms with Crippen LogP contribution >= 0.6 is 0 Å². The monoisotopic (exact) mass is 415 g/mol. The van der Waals surface area contributed by atoms with Crippen LogP contribution in [0.1, 0.15) is 37.8 Å². The molecule has 4 rings (SSSR count). The lowest BCUT2D eigenvalue weighted by Gasteiger charge is -2.24. The zero-order valence-electron chi connectivity index (χ0n) is 17.8. The van der Waals surface area contributed by atoms with Gasteiger partial charge in [0.1, 0.15) is 12.1 Å². The van der Waals surface area contributed by atoms with E-state index in [1.165, 1.54) is 0 Å². The Morgan fingerprint density at radius 1 is 1.00 bits per heavy atom. The predicted octanol–water partition coefficient (Wildman–Crippen LogP) is 4.37. The van der Waals surface area contributed by atoms with Crippen LogP contribution in [-0.4, -0.2) is 29.3 Å². The van der Waals surface area contributed by atoms with Gasteiger partial charge in [0.05, 0.1) is 0 Å². The first-order valence-corrected chi connectivity index (χ1v) is 10.3. The van der Waals surface area contributed by atoms with E-state index < -0.39 is 23.4 Å². The summed E-state index contributed by atoms with van der Waals surface area (Å²) in [7, 11) is 0. The van der Waals surface area contributed by atoms with Crippen molar-refractivity contribution < 1.29 is 14.4 Å². The minimum atomic E-state index is -1.24. The average Bonchev–Trinajstić information content (AvgIpc) is 2.97. The third-order valence-electron chi connectivity index (χ3n) is 5.76. The van der Waals surface area contributed by atoms with Gasteiger partial charge in [0, 0.05) is 5.69 Å². The van der Waals surface area contributed by atoms with Crippen LogP contribution in [-0.2, 0) is 15.1 Å². The van der Waals surface area contributed by atoms with Gasteiger partial charge in [-0.2, -0.15) is 0 Å². The Kier molecular flexibility index (Phi) is 5.23. The molecule has 3 aromatic carbocycles. The van der Waals surface area contributed by atoms with E-state index in [0.717, 1.165) is 21.2 Å². The number of imide groups is 1. The number of fused-ring (bicyclic) bond motifs is 1. The minimum Gasteiger partial charge on any atom is -0.324 e. The number of urea groups is 1. The van der Waals surface area contributed by atoms with Crippen molar-refractivity contribution in [3.8, 4) is 0 Å². The van der Waals surface area contributed by atoms with E-state index in [1.54, 1.807) is 6.92 Å². The Bertz CT molecular complexity index is 1180. The number of benzene rings is 3. The summed E-state index contributed by atoms with van der Waals surface area (Å²) in [6.07, 6.45) is 0. The molecule has 0 bridgehead atoms. The smallest absolute Gasteiger partial charge is 0.324 e. The SMILES string of the molecule is CC(C)c1ccccc1NC(=O)CN1C(=O)NC(C)(c2cccc3ccccc23)C1=O. The van der Waals surface area contributed by atoms with Crippen molar-refractivity contribution >= 4 is 34.3 Å². The molecule has 31 heavy (non-hydrogen) atoms. The number of hydrogen-bond donors (Lipinski definition) is 2. The van der Waals surface area contributed by atoms with Crippen LogP contribution in [0.3, 0.4) is 0 Å². The molecule has 0 radical (unpaired) electrons. The maximum atomic E-state index is 13.3. The number of nitrogens with one attached hydrogen (secondary N) is 2. The van der Waals surface area contributed by atoms with Gasteiger partial charge >= 0.3 is 6.03 Å². The van der Waals surface area contributed by atoms with Crippen molar-refractivity contribution in [2.75, 3.05) is 11.9 Å². The van der Waals surface area contributed by atoms with E-state index in [1.807, 2.05) is 80.6 Å². The normalized spacial score (nSPS) is 18.5. The molecule has 0 saturated carbocycles. The molecule has 2 N–H and O–H groups in total. The Balaban J connectivity index is 1.58. The molecule has 1 fully saturated rings. The molecule has 0 spiro atoms. The van der Waals surface area contributed by atoms with Crippen LogP contribution in [0.5, 0.6) is 0 Å². The van der Waals surface area contributed by atoms with E-state index in [-0.39, 0.29) is 12.5 Å². The van der Waals surface area contributed by atoms with Gasteiger partial charge in [0.25, 0.3) is 5.91 Å². The van der Waals surface area contributed by atoms with Gasteiger partial charge in [0.2, 0.25) is 5.91 Å². The van der Waals surface area contributed by atoms with Crippen LogP contribution in [0, 0.1) is 0 Å². The molecule has 3 aromatic rings. The molecule has 6 nitrogen and oxygen atoms in total. The van der Waals surface area contributed by atoms with Gasteiger partial charge in [0.15, 0.2) is 0 Å². The summed E-state index contributed by atoms with van der Waals surface area (Å²) in [6.45, 7) is 5.41. The summed E-state index contributed by atoms with van der Waals surface area (Å²) in [5.41, 5.74) is 1.14. The summed E-state index contributed by atoms with van der Waals surface area (Å²) >= 11 is 0. The van der Waals surface area contributed by atoms with Crippen LogP contribution in [0.2, 0.25) is 0 Å². The lowest BCUT2D eigenvalue weighted by atomic mass is 9.88. The molecular weight excluding hydrogens is 390 g/mol. The topological polar surface area (TPSA) is 78.5 Å². The quantitative estimate of drug-likeness (QED) is 0.608. The maximum Gasteiger partial charge on any atom is 0.325 e. The number of rotatable bonds is 5. The van der Waals surface area contributed by atoms with Crippen LogP contribution in [0.15, 0.2) is 66.7 Å². The highest BCUT2D eigenvalue weighted by Crippen LogP contribution is 2.34. The van der Waals surface area contributed by atoms with E-state index in [2.05, 4.69) is 10.6 Å². The zero-order chi connectivity index (χ0) is 22.2. The molecule has 1 aliphatic heterocycles. The highest BCUT2D eigenvalue weighted by Gasteiger charge is 2.50. The van der Waals surface area contributed by atoms with Gasteiger partial charge in [-0.1, -0.05) is 74.5 Å². The fourth-order valence-corrected chi connectivity index (χ4v) is 4.13. The summed E-state index contributed by atoms with van der Waals surface area (Å²) in [5.74, 6) is -0.636. The van der Waals surface area contributed by atoms with Crippen molar-refractivity contribution in [3.05, 3.63) is 77.9 Å². The van der Waals surface area contributed by atoms with Crippen molar-refractivity contribution in [2.45, 2.75) is 32.2 Å². The van der Waals surface area contributed by atoms with Crippen LogP contribution in [0.4, 0.5) is 10.5 Å².